The van der Waals surface area contributed by atoms with Crippen LogP contribution in [0.3, 0.4) is 0 Å². The van der Waals surface area contributed by atoms with Crippen molar-refractivity contribution < 1.29 is 43.2 Å². The Morgan fingerprint density at radius 2 is 1.41 bits per heavy atom. The number of ether oxygens (including phenoxy) is 4. The van der Waals surface area contributed by atoms with E-state index in [0.717, 1.165) is 6.42 Å². The molecule has 0 fully saturated rings. The number of rotatable bonds is 11. The van der Waals surface area contributed by atoms with Crippen LogP contribution in [0.25, 0.3) is 0 Å². The van der Waals surface area contributed by atoms with Crippen molar-refractivity contribution >= 4 is 24.1 Å². The highest BCUT2D eigenvalue weighted by Gasteiger charge is 2.37. The van der Waals surface area contributed by atoms with Crippen LogP contribution in [-0.2, 0) is 23.9 Å². The fourth-order valence-corrected chi connectivity index (χ4v) is 3.31. The third-order valence-electron chi connectivity index (χ3n) is 6.43. The van der Waals surface area contributed by atoms with Crippen LogP contribution in [0.1, 0.15) is 87.1 Å². The summed E-state index contributed by atoms with van der Waals surface area (Å²) in [5.74, 6) is -3.76. The highest BCUT2D eigenvalue weighted by atomic mass is 16.7. The molecule has 0 aliphatic rings. The number of nitrogens with two attached hydrogens (primary N) is 1. The molecule has 0 radical (unpaired) electrons. The first kappa shape index (κ1) is 33.9. The van der Waals surface area contributed by atoms with E-state index in [-0.39, 0.29) is 24.0 Å². The van der Waals surface area contributed by atoms with Gasteiger partial charge in [-0.05, 0) is 72.1 Å². The summed E-state index contributed by atoms with van der Waals surface area (Å²) in [6.45, 7) is 17.5. The van der Waals surface area contributed by atoms with Gasteiger partial charge < -0.3 is 29.8 Å². The number of hydrogen-bond donors (Lipinski definition) is 2. The van der Waals surface area contributed by atoms with Crippen molar-refractivity contribution in [3.05, 3.63) is 23.8 Å². The Bertz CT molecular complexity index is 1020. The van der Waals surface area contributed by atoms with Gasteiger partial charge in [-0.2, -0.15) is 0 Å². The second-order valence-corrected chi connectivity index (χ2v) is 12.1. The standard InChI is InChI=1S/C29H45NO9/c1-11-16(2)15-36-27(35)37-18(4)17(3)22(23(30)24(31)32)19-12-13-20(38-25(33)28(5,6)7)21(14-19)39-26(34)29(8,9)10/h12-14,16-18,22-23H,11,15,30H2,1-10H3,(H,31,32)/t16?,17?,18?,22?,23-/m0/s1. The van der Waals surface area contributed by atoms with Crippen molar-refractivity contribution in [2.24, 2.45) is 28.4 Å². The van der Waals surface area contributed by atoms with Gasteiger partial charge in [-0.3, -0.25) is 14.4 Å². The first-order valence-corrected chi connectivity index (χ1v) is 13.2. The zero-order valence-electron chi connectivity index (χ0n) is 24.8. The average molecular weight is 552 g/mol. The van der Waals surface area contributed by atoms with Gasteiger partial charge in [-0.15, -0.1) is 0 Å². The molecule has 0 aliphatic carbocycles. The number of aliphatic carboxylic acids is 1. The van der Waals surface area contributed by atoms with Crippen LogP contribution >= 0.6 is 0 Å². The lowest BCUT2D eigenvalue weighted by molar-refractivity contribution is -0.145. The minimum Gasteiger partial charge on any atom is -0.480 e. The molecule has 0 saturated carbocycles. The number of carboxylic acid groups (broad SMARTS) is 1. The number of benzene rings is 1. The molecule has 39 heavy (non-hydrogen) atoms. The summed E-state index contributed by atoms with van der Waals surface area (Å²) in [6, 6.07) is 3.03. The summed E-state index contributed by atoms with van der Waals surface area (Å²) in [5.41, 5.74) is 4.81. The van der Waals surface area contributed by atoms with E-state index in [1.807, 2.05) is 13.8 Å². The largest absolute Gasteiger partial charge is 0.508 e. The predicted molar refractivity (Wildman–Crippen MR) is 145 cm³/mol. The van der Waals surface area contributed by atoms with Gasteiger partial charge in [0, 0.05) is 11.8 Å². The Labute approximate surface area is 231 Å². The number of carboxylic acids is 1. The number of carbonyl (C=O) groups is 4. The molecule has 220 valence electrons. The topological polar surface area (TPSA) is 151 Å². The van der Waals surface area contributed by atoms with E-state index in [4.69, 9.17) is 24.7 Å². The first-order valence-electron chi connectivity index (χ1n) is 13.2. The zero-order valence-corrected chi connectivity index (χ0v) is 24.8. The lowest BCUT2D eigenvalue weighted by Crippen LogP contribution is -2.42. The van der Waals surface area contributed by atoms with E-state index in [0.29, 0.717) is 5.56 Å². The minimum atomic E-state index is -1.39. The Balaban J connectivity index is 3.45. The van der Waals surface area contributed by atoms with Gasteiger partial charge in [0.1, 0.15) is 12.1 Å². The van der Waals surface area contributed by atoms with Crippen molar-refractivity contribution in [3.8, 4) is 11.5 Å². The number of carbonyl (C=O) groups excluding carboxylic acids is 3. The lowest BCUT2D eigenvalue weighted by Gasteiger charge is -2.32. The lowest BCUT2D eigenvalue weighted by atomic mass is 9.79. The summed E-state index contributed by atoms with van der Waals surface area (Å²) < 4.78 is 21.7. The molecular weight excluding hydrogens is 506 g/mol. The van der Waals surface area contributed by atoms with Crippen LogP contribution in [0.4, 0.5) is 4.79 Å². The second kappa shape index (κ2) is 13.8. The van der Waals surface area contributed by atoms with Crippen LogP contribution in [0.5, 0.6) is 11.5 Å². The molecule has 0 aliphatic heterocycles. The van der Waals surface area contributed by atoms with Crippen molar-refractivity contribution in [1.82, 2.24) is 0 Å². The van der Waals surface area contributed by atoms with Crippen LogP contribution in [-0.4, -0.2) is 47.9 Å². The molecule has 3 N–H and O–H groups in total. The Kier molecular flexibility index (Phi) is 12.0. The van der Waals surface area contributed by atoms with Crippen LogP contribution in [0.2, 0.25) is 0 Å². The normalized spacial score (nSPS) is 15.8. The minimum absolute atomic E-state index is 0.00416. The first-order chi connectivity index (χ1) is 17.8. The van der Waals surface area contributed by atoms with E-state index in [2.05, 4.69) is 0 Å². The highest BCUT2D eigenvalue weighted by molar-refractivity contribution is 5.81. The smallest absolute Gasteiger partial charge is 0.480 e. The fraction of sp³-hybridized carbons (Fsp3) is 0.655. The van der Waals surface area contributed by atoms with Gasteiger partial charge in [0.2, 0.25) is 0 Å². The SMILES string of the molecule is CCC(C)COC(=O)OC(C)C(C)C(c1ccc(OC(=O)C(C)(C)C)c(OC(=O)C(C)(C)C)c1)[C@H](N)C(=O)O. The summed E-state index contributed by atoms with van der Waals surface area (Å²) in [5, 5.41) is 9.77. The molecule has 4 unspecified atom stereocenters. The van der Waals surface area contributed by atoms with Gasteiger partial charge >= 0.3 is 24.1 Å². The predicted octanol–water partition coefficient (Wildman–Crippen LogP) is 5.31. The summed E-state index contributed by atoms with van der Waals surface area (Å²) >= 11 is 0. The Morgan fingerprint density at radius 1 is 0.897 bits per heavy atom. The highest BCUT2D eigenvalue weighted by Crippen LogP contribution is 2.38. The molecule has 5 atom stereocenters. The van der Waals surface area contributed by atoms with E-state index < -0.39 is 58.9 Å². The van der Waals surface area contributed by atoms with Gasteiger partial charge in [-0.1, -0.05) is 33.3 Å². The quantitative estimate of drug-likeness (QED) is 0.273. The fourth-order valence-electron chi connectivity index (χ4n) is 3.31. The third-order valence-corrected chi connectivity index (χ3v) is 6.43. The molecule has 0 saturated heterocycles. The molecule has 0 bridgehead atoms. The summed E-state index contributed by atoms with van der Waals surface area (Å²) in [4.78, 5) is 49.5. The number of hydrogen-bond acceptors (Lipinski definition) is 9. The Hall–Kier alpha value is -3.14. The molecule has 1 aromatic carbocycles. The second-order valence-electron chi connectivity index (χ2n) is 12.1. The van der Waals surface area contributed by atoms with Crippen molar-refractivity contribution in [2.45, 2.75) is 93.7 Å². The maximum absolute atomic E-state index is 12.7. The average Bonchev–Trinajstić information content (AvgIpc) is 2.82. The van der Waals surface area contributed by atoms with E-state index in [1.165, 1.54) is 12.1 Å². The van der Waals surface area contributed by atoms with Crippen LogP contribution in [0, 0.1) is 22.7 Å². The summed E-state index contributed by atoms with van der Waals surface area (Å²) in [7, 11) is 0. The third kappa shape index (κ3) is 10.2. The molecule has 0 heterocycles. The van der Waals surface area contributed by atoms with Crippen molar-refractivity contribution in [1.29, 1.82) is 0 Å². The molecule has 1 aromatic rings. The zero-order chi connectivity index (χ0) is 30.3. The molecular formula is C29H45NO9. The molecule has 10 heteroatoms. The molecule has 0 spiro atoms. The molecule has 10 nitrogen and oxygen atoms in total. The number of esters is 2. The maximum atomic E-state index is 12.7. The Morgan fingerprint density at radius 3 is 1.87 bits per heavy atom. The van der Waals surface area contributed by atoms with Gasteiger partial charge in [0.25, 0.3) is 0 Å². The van der Waals surface area contributed by atoms with Gasteiger partial charge in [0.05, 0.1) is 17.4 Å². The van der Waals surface area contributed by atoms with Crippen LogP contribution in [0.15, 0.2) is 18.2 Å². The monoisotopic (exact) mass is 551 g/mol. The maximum Gasteiger partial charge on any atom is 0.508 e. The summed E-state index contributed by atoms with van der Waals surface area (Å²) in [6.07, 6.45) is -0.803. The van der Waals surface area contributed by atoms with Crippen molar-refractivity contribution in [3.63, 3.8) is 0 Å². The molecule has 0 aromatic heterocycles. The van der Waals surface area contributed by atoms with E-state index >= 15 is 0 Å². The van der Waals surface area contributed by atoms with Gasteiger partial charge in [-0.25, -0.2) is 4.79 Å². The van der Waals surface area contributed by atoms with Crippen LogP contribution < -0.4 is 15.2 Å². The van der Waals surface area contributed by atoms with Crippen molar-refractivity contribution in [2.75, 3.05) is 6.61 Å². The van der Waals surface area contributed by atoms with Gasteiger partial charge in [0.15, 0.2) is 11.5 Å². The molecule has 1 rings (SSSR count). The van der Waals surface area contributed by atoms with E-state index in [1.54, 1.807) is 61.5 Å². The molecule has 0 amide bonds. The van der Waals surface area contributed by atoms with E-state index in [9.17, 15) is 24.3 Å².